The third-order valence-electron chi connectivity index (χ3n) is 11.8. The van der Waals surface area contributed by atoms with E-state index in [9.17, 15) is 0 Å². The molecule has 5 aliphatic rings. The van der Waals surface area contributed by atoms with Crippen molar-refractivity contribution < 1.29 is 4.74 Å². The summed E-state index contributed by atoms with van der Waals surface area (Å²) in [6, 6.07) is 9.16. The van der Waals surface area contributed by atoms with Crippen LogP contribution in [0.2, 0.25) is 5.02 Å². The van der Waals surface area contributed by atoms with Gasteiger partial charge in [-0.3, -0.25) is 4.90 Å². The van der Waals surface area contributed by atoms with Crippen LogP contribution in [0.1, 0.15) is 65.2 Å². The molecule has 192 valence electrons. The molecule has 3 saturated carbocycles. The first-order chi connectivity index (χ1) is 16.8. The maximum absolute atomic E-state index is 6.00. The molecule has 8 atom stereocenters. The minimum Gasteiger partial charge on any atom is -0.492 e. The van der Waals surface area contributed by atoms with E-state index in [-0.39, 0.29) is 0 Å². The molecule has 4 aliphatic carbocycles. The van der Waals surface area contributed by atoms with E-state index in [0.717, 1.165) is 53.6 Å². The predicted octanol–water partition coefficient (Wildman–Crippen LogP) is 6.91. The van der Waals surface area contributed by atoms with E-state index in [1.165, 1.54) is 57.9 Å². The average molecular weight is 497 g/mol. The Morgan fingerprint density at radius 1 is 1.06 bits per heavy atom. The Morgan fingerprint density at radius 2 is 1.83 bits per heavy atom. The van der Waals surface area contributed by atoms with E-state index in [4.69, 9.17) is 16.3 Å². The van der Waals surface area contributed by atoms with Crippen LogP contribution in [0.15, 0.2) is 35.9 Å². The molecular weight excluding hydrogens is 452 g/mol. The van der Waals surface area contributed by atoms with Crippen molar-refractivity contribution in [3.05, 3.63) is 40.9 Å². The summed E-state index contributed by atoms with van der Waals surface area (Å²) in [5, 5.41) is 0.758. The molecule has 0 N–H and O–H groups in total. The molecule has 4 fully saturated rings. The van der Waals surface area contributed by atoms with Crippen molar-refractivity contribution in [2.45, 2.75) is 77.3 Å². The smallest absolute Gasteiger partial charge is 0.119 e. The summed E-state index contributed by atoms with van der Waals surface area (Å²) in [5.41, 5.74) is 2.87. The second kappa shape index (κ2) is 9.07. The molecule has 0 aromatic heterocycles. The number of ether oxygens (including phenoxy) is 1. The fourth-order valence-corrected chi connectivity index (χ4v) is 9.97. The van der Waals surface area contributed by atoms with Crippen LogP contribution in [0.4, 0.5) is 0 Å². The third-order valence-corrected chi connectivity index (χ3v) is 12.1. The molecule has 6 rings (SSSR count). The Morgan fingerprint density at radius 3 is 2.63 bits per heavy atom. The summed E-state index contributed by atoms with van der Waals surface area (Å²) < 4.78 is 5.99. The largest absolute Gasteiger partial charge is 0.492 e. The highest BCUT2D eigenvalue weighted by molar-refractivity contribution is 6.30. The zero-order valence-corrected chi connectivity index (χ0v) is 23.1. The van der Waals surface area contributed by atoms with Crippen molar-refractivity contribution in [2.24, 2.45) is 34.5 Å². The molecule has 3 nitrogen and oxygen atoms in total. The lowest BCUT2D eigenvalue weighted by Crippen LogP contribution is -2.52. The zero-order chi connectivity index (χ0) is 24.4. The van der Waals surface area contributed by atoms with E-state index in [1.54, 1.807) is 5.57 Å². The van der Waals surface area contributed by atoms with Gasteiger partial charge in [0.25, 0.3) is 0 Å². The van der Waals surface area contributed by atoms with E-state index < -0.39 is 0 Å². The number of fused-ring (bicyclic) bond motifs is 4. The van der Waals surface area contributed by atoms with Crippen molar-refractivity contribution in [1.82, 2.24) is 9.80 Å². The predicted molar refractivity (Wildman–Crippen MR) is 145 cm³/mol. The lowest BCUT2D eigenvalue weighted by Gasteiger charge is -2.58. The molecule has 1 spiro atoms. The van der Waals surface area contributed by atoms with Gasteiger partial charge in [-0.1, -0.05) is 30.2 Å². The van der Waals surface area contributed by atoms with Gasteiger partial charge in [0.15, 0.2) is 0 Å². The zero-order valence-electron chi connectivity index (χ0n) is 22.3. The molecule has 0 amide bonds. The van der Waals surface area contributed by atoms with Gasteiger partial charge in [-0.2, -0.15) is 0 Å². The van der Waals surface area contributed by atoms with Crippen molar-refractivity contribution in [1.29, 1.82) is 0 Å². The van der Waals surface area contributed by atoms with Crippen LogP contribution in [0, 0.1) is 34.5 Å². The number of nitrogens with zero attached hydrogens (tertiary/aromatic N) is 2. The van der Waals surface area contributed by atoms with Crippen molar-refractivity contribution >= 4 is 11.6 Å². The number of likely N-dealkylation sites (N-methyl/N-ethyl adjacent to an activating group) is 1. The molecule has 1 heterocycles. The Hall–Kier alpha value is -1.03. The van der Waals surface area contributed by atoms with Gasteiger partial charge in [-0.05, 0) is 131 Å². The first-order valence-electron chi connectivity index (χ1n) is 14.3. The van der Waals surface area contributed by atoms with Gasteiger partial charge >= 0.3 is 0 Å². The molecule has 35 heavy (non-hydrogen) atoms. The number of allylic oxidation sites excluding steroid dienone is 1. The van der Waals surface area contributed by atoms with Crippen LogP contribution in [-0.2, 0) is 0 Å². The summed E-state index contributed by atoms with van der Waals surface area (Å²) in [7, 11) is 4.69. The first kappa shape index (κ1) is 24.3. The van der Waals surface area contributed by atoms with Crippen molar-refractivity contribution in [3.8, 4) is 5.75 Å². The maximum atomic E-state index is 6.00. The first-order valence-corrected chi connectivity index (χ1v) is 14.7. The monoisotopic (exact) mass is 496 g/mol. The fraction of sp³-hybridized carbons (Fsp3) is 0.742. The normalized spacial score (nSPS) is 42.7. The van der Waals surface area contributed by atoms with E-state index in [1.807, 2.05) is 24.3 Å². The summed E-state index contributed by atoms with van der Waals surface area (Å²) in [5.74, 6) is 4.68. The molecule has 1 aromatic carbocycles. The number of hydrogen-bond donors (Lipinski definition) is 0. The highest BCUT2D eigenvalue weighted by atomic mass is 35.5. The topological polar surface area (TPSA) is 15.7 Å². The van der Waals surface area contributed by atoms with Crippen LogP contribution >= 0.6 is 11.6 Å². The van der Waals surface area contributed by atoms with E-state index in [0.29, 0.717) is 16.9 Å². The summed E-state index contributed by atoms with van der Waals surface area (Å²) in [4.78, 5) is 5.25. The van der Waals surface area contributed by atoms with Crippen LogP contribution in [0.25, 0.3) is 0 Å². The quantitative estimate of drug-likeness (QED) is 0.412. The molecule has 1 aromatic rings. The molecule has 0 unspecified atom stereocenters. The lowest BCUT2D eigenvalue weighted by molar-refractivity contribution is -0.0439. The molecule has 1 saturated heterocycles. The number of likely N-dealkylation sites (tertiary alicyclic amines) is 1. The Bertz CT molecular complexity index is 961. The average Bonchev–Trinajstić information content (AvgIpc) is 3.33. The highest BCUT2D eigenvalue weighted by Crippen LogP contribution is 2.68. The molecule has 0 radical (unpaired) electrons. The van der Waals surface area contributed by atoms with E-state index >= 15 is 0 Å². The molecular formula is C31H45ClN2O. The minimum absolute atomic E-state index is 0.440. The third kappa shape index (κ3) is 3.91. The van der Waals surface area contributed by atoms with Gasteiger partial charge < -0.3 is 9.64 Å². The highest BCUT2D eigenvalue weighted by Gasteiger charge is 2.63. The van der Waals surface area contributed by atoms with Gasteiger partial charge in [0.05, 0.1) is 0 Å². The second-order valence-electron chi connectivity index (χ2n) is 13.1. The molecule has 1 aliphatic heterocycles. The maximum Gasteiger partial charge on any atom is 0.119 e. The van der Waals surface area contributed by atoms with Crippen molar-refractivity contribution in [2.75, 3.05) is 33.8 Å². The number of benzene rings is 1. The summed E-state index contributed by atoms with van der Waals surface area (Å²) in [6.45, 7) is 8.23. The Kier molecular flexibility index (Phi) is 6.30. The molecule has 0 bridgehead atoms. The fourth-order valence-electron chi connectivity index (χ4n) is 9.84. The van der Waals surface area contributed by atoms with Crippen LogP contribution in [-0.4, -0.2) is 55.7 Å². The number of hydrogen-bond acceptors (Lipinski definition) is 3. The SMILES string of the molecule is C[C@H]1[C@H]2CC[C@H]3[C@@H]4CC=C5C[C@@H](N(C)CCOc6ccc(Cl)cc6)CC[C@]5(C)[C@H]4CC[C@]23CN1C. The lowest BCUT2D eigenvalue weighted by atomic mass is 9.47. The standard InChI is InChI=1S/C31H45ClN2O/c1-21-27-11-12-29-26-10-5-22-19-24(33(3)17-18-35-25-8-6-23(32)7-9-25)13-15-30(22,2)28(26)14-16-31(27,29)20-34(21)4/h5-9,21,24,26-29H,10-20H2,1-4H3/t21-,24-,26+,27+,28-,29-,30-,31-/m0/s1. The second-order valence-corrected chi connectivity index (χ2v) is 13.5. The van der Waals surface area contributed by atoms with Crippen LogP contribution < -0.4 is 4.74 Å². The molecule has 4 heteroatoms. The number of halogens is 1. The Balaban J connectivity index is 1.11. The van der Waals surface area contributed by atoms with Gasteiger partial charge in [0.1, 0.15) is 12.4 Å². The van der Waals surface area contributed by atoms with Crippen molar-refractivity contribution in [3.63, 3.8) is 0 Å². The Labute approximate surface area is 218 Å². The van der Waals surface area contributed by atoms with Crippen LogP contribution in [0.3, 0.4) is 0 Å². The summed E-state index contributed by atoms with van der Waals surface area (Å²) >= 11 is 6.00. The number of rotatable bonds is 5. The summed E-state index contributed by atoms with van der Waals surface area (Å²) in [6.07, 6.45) is 14.0. The van der Waals surface area contributed by atoms with E-state index in [2.05, 4.69) is 43.8 Å². The van der Waals surface area contributed by atoms with Gasteiger partial charge in [0, 0.05) is 30.2 Å². The van der Waals surface area contributed by atoms with Gasteiger partial charge in [-0.25, -0.2) is 0 Å². The van der Waals surface area contributed by atoms with Gasteiger partial charge in [0.2, 0.25) is 0 Å². The minimum atomic E-state index is 0.440. The van der Waals surface area contributed by atoms with Gasteiger partial charge in [-0.15, -0.1) is 0 Å². The van der Waals surface area contributed by atoms with Crippen LogP contribution in [0.5, 0.6) is 5.75 Å².